The topological polar surface area (TPSA) is 77.4 Å². The number of nitrogens with zero attached hydrogens (tertiary/aromatic N) is 1. The number of aliphatic hydroxyl groups is 1. The number of benzene rings is 1. The minimum absolute atomic E-state index is 0. The number of hydrogen-bond acceptors (Lipinski definition) is 6. The molecule has 0 saturated heterocycles. The van der Waals surface area contributed by atoms with Crippen molar-refractivity contribution in [3.63, 3.8) is 0 Å². The SMILES string of the molecule is CCOC(=O)C(O)(CC1=NC(C)(C)Cc2cc(OC)c(OC)cc21)C(F)(F)F.Cl. The standard InChI is InChI=1S/C19H24F3NO5.ClH/c1-6-28-16(24)18(25,19(20,21)22)10-13-12-8-15(27-5)14(26-4)7-11(12)9-17(2,3)23-13;/h7-8,25H,6,9-10H2,1-5H3;1H. The molecular weight excluding hydrogens is 415 g/mol. The normalized spacial score (nSPS) is 17.2. The molecule has 1 atom stereocenters. The lowest BCUT2D eigenvalue weighted by atomic mass is 9.82. The van der Waals surface area contributed by atoms with Crippen LogP contribution in [0.5, 0.6) is 11.5 Å². The van der Waals surface area contributed by atoms with E-state index < -0.39 is 29.7 Å². The minimum atomic E-state index is -5.24. The van der Waals surface area contributed by atoms with Crippen LogP contribution < -0.4 is 9.47 Å². The molecule has 1 N–H and O–H groups in total. The molecule has 29 heavy (non-hydrogen) atoms. The smallest absolute Gasteiger partial charge is 0.428 e. The Morgan fingerprint density at radius 2 is 1.76 bits per heavy atom. The van der Waals surface area contributed by atoms with E-state index in [1.54, 1.807) is 19.9 Å². The molecule has 10 heteroatoms. The lowest BCUT2D eigenvalue weighted by Crippen LogP contribution is -2.54. The third kappa shape index (κ3) is 4.95. The fourth-order valence-electron chi connectivity index (χ4n) is 3.18. The summed E-state index contributed by atoms with van der Waals surface area (Å²) in [6.07, 6.45) is -5.86. The van der Waals surface area contributed by atoms with Crippen molar-refractivity contribution in [2.24, 2.45) is 4.99 Å². The number of aliphatic imine (C=N–C) groups is 1. The maximum atomic E-state index is 13.6. The second-order valence-corrected chi connectivity index (χ2v) is 7.17. The van der Waals surface area contributed by atoms with Gasteiger partial charge in [0.2, 0.25) is 0 Å². The first-order valence-electron chi connectivity index (χ1n) is 8.69. The van der Waals surface area contributed by atoms with Gasteiger partial charge in [-0.15, -0.1) is 12.4 Å². The van der Waals surface area contributed by atoms with Crippen LogP contribution in [0.15, 0.2) is 17.1 Å². The molecule has 1 unspecified atom stereocenters. The summed E-state index contributed by atoms with van der Waals surface area (Å²) < 4.78 is 55.8. The van der Waals surface area contributed by atoms with Crippen LogP contribution in [-0.2, 0) is 16.0 Å². The van der Waals surface area contributed by atoms with Crippen molar-refractivity contribution in [2.75, 3.05) is 20.8 Å². The zero-order chi connectivity index (χ0) is 21.3. The van der Waals surface area contributed by atoms with Crippen LogP contribution in [0.2, 0.25) is 0 Å². The molecule has 0 saturated carbocycles. The Bertz CT molecular complexity index is 795. The second kappa shape index (κ2) is 8.79. The third-order valence-electron chi connectivity index (χ3n) is 4.49. The average Bonchev–Trinajstić information content (AvgIpc) is 2.58. The molecule has 0 radical (unpaired) electrons. The van der Waals surface area contributed by atoms with Crippen LogP contribution in [0.25, 0.3) is 0 Å². The van der Waals surface area contributed by atoms with Gasteiger partial charge in [-0.3, -0.25) is 4.99 Å². The molecule has 0 amide bonds. The molecule has 1 aromatic rings. The summed E-state index contributed by atoms with van der Waals surface area (Å²) in [5, 5.41) is 10.3. The van der Waals surface area contributed by atoms with Crippen molar-refractivity contribution in [2.45, 2.75) is 50.9 Å². The van der Waals surface area contributed by atoms with Crippen molar-refractivity contribution < 1.29 is 37.3 Å². The quantitative estimate of drug-likeness (QED) is 0.686. The second-order valence-electron chi connectivity index (χ2n) is 7.17. The van der Waals surface area contributed by atoms with Gasteiger partial charge in [-0.1, -0.05) is 0 Å². The zero-order valence-corrected chi connectivity index (χ0v) is 17.7. The Balaban J connectivity index is 0.00000420. The van der Waals surface area contributed by atoms with E-state index in [0.29, 0.717) is 29.0 Å². The van der Waals surface area contributed by atoms with E-state index in [2.05, 4.69) is 9.73 Å². The maximum Gasteiger partial charge on any atom is 0.428 e. The van der Waals surface area contributed by atoms with Gasteiger partial charge in [0, 0.05) is 17.7 Å². The van der Waals surface area contributed by atoms with Crippen molar-refractivity contribution in [1.82, 2.24) is 0 Å². The number of methoxy groups -OCH3 is 2. The summed E-state index contributed by atoms with van der Waals surface area (Å²) in [5.74, 6) is -1.02. The van der Waals surface area contributed by atoms with Gasteiger partial charge in [0.25, 0.3) is 5.60 Å². The molecule has 1 aromatic carbocycles. The summed E-state index contributed by atoms with van der Waals surface area (Å²) in [6, 6.07) is 3.17. The Morgan fingerprint density at radius 3 is 2.24 bits per heavy atom. The van der Waals surface area contributed by atoms with E-state index in [1.165, 1.54) is 27.2 Å². The molecule has 1 aliphatic heterocycles. The molecule has 1 aliphatic rings. The van der Waals surface area contributed by atoms with E-state index in [4.69, 9.17) is 9.47 Å². The number of ether oxygens (including phenoxy) is 3. The maximum absolute atomic E-state index is 13.6. The summed E-state index contributed by atoms with van der Waals surface area (Å²) in [5.41, 5.74) is -3.45. The number of carbonyl (C=O) groups is 1. The Morgan fingerprint density at radius 1 is 1.21 bits per heavy atom. The number of carbonyl (C=O) groups excluding carboxylic acids is 1. The summed E-state index contributed by atoms with van der Waals surface area (Å²) in [4.78, 5) is 16.4. The lowest BCUT2D eigenvalue weighted by Gasteiger charge is -2.34. The highest BCUT2D eigenvalue weighted by atomic mass is 35.5. The van der Waals surface area contributed by atoms with Gasteiger partial charge in [-0.2, -0.15) is 13.2 Å². The molecule has 164 valence electrons. The van der Waals surface area contributed by atoms with Crippen molar-refractivity contribution in [3.8, 4) is 11.5 Å². The molecule has 0 spiro atoms. The number of rotatable bonds is 6. The molecule has 0 fully saturated rings. The fraction of sp³-hybridized carbons (Fsp3) is 0.579. The van der Waals surface area contributed by atoms with E-state index in [9.17, 15) is 23.1 Å². The fourth-order valence-corrected chi connectivity index (χ4v) is 3.18. The number of esters is 1. The zero-order valence-electron chi connectivity index (χ0n) is 16.8. The number of halogens is 4. The van der Waals surface area contributed by atoms with E-state index >= 15 is 0 Å². The first kappa shape index (κ1) is 25.0. The Labute approximate surface area is 173 Å². The molecule has 6 nitrogen and oxygen atoms in total. The minimum Gasteiger partial charge on any atom is -0.493 e. The number of alkyl halides is 3. The van der Waals surface area contributed by atoms with Gasteiger partial charge >= 0.3 is 12.1 Å². The molecule has 0 bridgehead atoms. The summed E-state index contributed by atoms with van der Waals surface area (Å²) in [6.45, 7) is 4.58. The van der Waals surface area contributed by atoms with Crippen molar-refractivity contribution in [1.29, 1.82) is 0 Å². The molecule has 0 aliphatic carbocycles. The Kier molecular flexibility index (Phi) is 7.59. The van der Waals surface area contributed by atoms with E-state index in [1.807, 2.05) is 0 Å². The Hall–Kier alpha value is -2.00. The largest absolute Gasteiger partial charge is 0.493 e. The van der Waals surface area contributed by atoms with Gasteiger partial charge in [-0.05, 0) is 44.9 Å². The molecule has 1 heterocycles. The number of fused-ring (bicyclic) bond motifs is 1. The van der Waals surface area contributed by atoms with E-state index in [0.717, 1.165) is 0 Å². The van der Waals surface area contributed by atoms with Crippen LogP contribution in [0.4, 0.5) is 13.2 Å². The first-order valence-corrected chi connectivity index (χ1v) is 8.69. The van der Waals surface area contributed by atoms with Crippen LogP contribution in [0.1, 0.15) is 38.3 Å². The molecular formula is C19H25ClF3NO5. The van der Waals surface area contributed by atoms with Gasteiger partial charge < -0.3 is 19.3 Å². The van der Waals surface area contributed by atoms with Gasteiger partial charge in [0.05, 0.1) is 26.4 Å². The van der Waals surface area contributed by atoms with Crippen molar-refractivity contribution in [3.05, 3.63) is 23.3 Å². The predicted octanol–water partition coefficient (Wildman–Crippen LogP) is 3.50. The highest BCUT2D eigenvalue weighted by Crippen LogP contribution is 2.40. The summed E-state index contributed by atoms with van der Waals surface area (Å²) in [7, 11) is 2.86. The first-order chi connectivity index (χ1) is 12.9. The lowest BCUT2D eigenvalue weighted by molar-refractivity contribution is -0.260. The summed E-state index contributed by atoms with van der Waals surface area (Å²) >= 11 is 0. The average molecular weight is 440 g/mol. The highest BCUT2D eigenvalue weighted by molar-refractivity contribution is 6.06. The van der Waals surface area contributed by atoms with Gasteiger partial charge in [0.1, 0.15) is 0 Å². The van der Waals surface area contributed by atoms with Crippen LogP contribution in [0, 0.1) is 0 Å². The van der Waals surface area contributed by atoms with Crippen LogP contribution in [-0.4, -0.2) is 54.9 Å². The van der Waals surface area contributed by atoms with Gasteiger partial charge in [-0.25, -0.2) is 4.79 Å². The number of hydrogen-bond donors (Lipinski definition) is 1. The highest BCUT2D eigenvalue weighted by Gasteiger charge is 2.61. The molecule has 2 rings (SSSR count). The van der Waals surface area contributed by atoms with Crippen LogP contribution >= 0.6 is 12.4 Å². The predicted molar refractivity (Wildman–Crippen MR) is 103 cm³/mol. The monoisotopic (exact) mass is 439 g/mol. The molecule has 0 aromatic heterocycles. The van der Waals surface area contributed by atoms with E-state index in [-0.39, 0.29) is 24.7 Å². The van der Waals surface area contributed by atoms with Crippen LogP contribution in [0.3, 0.4) is 0 Å². The van der Waals surface area contributed by atoms with Gasteiger partial charge in [0.15, 0.2) is 11.5 Å². The third-order valence-corrected chi connectivity index (χ3v) is 4.49. The van der Waals surface area contributed by atoms with Crippen molar-refractivity contribution >= 4 is 24.1 Å².